The van der Waals surface area contributed by atoms with Crippen molar-refractivity contribution in [3.05, 3.63) is 53.5 Å². The molecular formula is C20H27N5O. The number of hydrogen-bond donors (Lipinski definition) is 2. The molecule has 0 atom stereocenters. The van der Waals surface area contributed by atoms with E-state index in [4.69, 9.17) is 5.73 Å². The molecule has 26 heavy (non-hydrogen) atoms. The summed E-state index contributed by atoms with van der Waals surface area (Å²) in [5.41, 5.74) is 9.29. The third-order valence-electron chi connectivity index (χ3n) is 5.65. The zero-order valence-electron chi connectivity index (χ0n) is 15.1. The SMILES string of the molecule is NC1CC(c2cc(N3CCN(Cc4ccccc4CO)CC3)ncn2)C1. The van der Waals surface area contributed by atoms with E-state index < -0.39 is 0 Å². The van der Waals surface area contributed by atoms with Crippen molar-refractivity contribution in [2.45, 2.75) is 38.0 Å². The zero-order valence-corrected chi connectivity index (χ0v) is 15.1. The van der Waals surface area contributed by atoms with Crippen molar-refractivity contribution in [1.29, 1.82) is 0 Å². The largest absolute Gasteiger partial charge is 0.392 e. The summed E-state index contributed by atoms with van der Waals surface area (Å²) in [4.78, 5) is 13.7. The van der Waals surface area contributed by atoms with Gasteiger partial charge in [0.25, 0.3) is 0 Å². The fourth-order valence-corrected chi connectivity index (χ4v) is 3.90. The van der Waals surface area contributed by atoms with Gasteiger partial charge in [-0.05, 0) is 24.0 Å². The number of aliphatic hydroxyl groups excluding tert-OH is 1. The van der Waals surface area contributed by atoms with E-state index in [1.807, 2.05) is 18.2 Å². The smallest absolute Gasteiger partial charge is 0.132 e. The lowest BCUT2D eigenvalue weighted by Gasteiger charge is -2.36. The molecule has 2 heterocycles. The predicted molar refractivity (Wildman–Crippen MR) is 102 cm³/mol. The first-order chi connectivity index (χ1) is 12.7. The van der Waals surface area contributed by atoms with Gasteiger partial charge in [-0.3, -0.25) is 4.90 Å². The lowest BCUT2D eigenvalue weighted by molar-refractivity contribution is 0.242. The Kier molecular flexibility index (Phi) is 5.15. The molecule has 1 aromatic carbocycles. The normalized spacial score (nSPS) is 23.7. The molecule has 0 bridgehead atoms. The van der Waals surface area contributed by atoms with Crippen molar-refractivity contribution >= 4 is 5.82 Å². The number of benzene rings is 1. The minimum absolute atomic E-state index is 0.102. The second-order valence-electron chi connectivity index (χ2n) is 7.42. The highest BCUT2D eigenvalue weighted by Crippen LogP contribution is 2.35. The van der Waals surface area contributed by atoms with Crippen LogP contribution in [-0.4, -0.2) is 52.2 Å². The predicted octanol–water partition coefficient (Wildman–Crippen LogP) is 1.50. The molecule has 1 saturated heterocycles. The molecule has 1 aliphatic heterocycles. The third kappa shape index (κ3) is 3.72. The Bertz CT molecular complexity index is 738. The van der Waals surface area contributed by atoms with Gasteiger partial charge >= 0.3 is 0 Å². The van der Waals surface area contributed by atoms with Gasteiger partial charge in [0.2, 0.25) is 0 Å². The highest BCUT2D eigenvalue weighted by Gasteiger charge is 2.29. The summed E-state index contributed by atoms with van der Waals surface area (Å²) in [5.74, 6) is 1.54. The van der Waals surface area contributed by atoms with Gasteiger partial charge in [0.05, 0.1) is 6.61 Å². The highest BCUT2D eigenvalue weighted by atomic mass is 16.3. The number of hydrogen-bond acceptors (Lipinski definition) is 6. The molecule has 1 aliphatic carbocycles. The maximum atomic E-state index is 9.50. The molecule has 6 nitrogen and oxygen atoms in total. The summed E-state index contributed by atoms with van der Waals surface area (Å²) in [6.07, 6.45) is 3.77. The third-order valence-corrected chi connectivity index (χ3v) is 5.65. The number of nitrogens with two attached hydrogens (primary N) is 1. The van der Waals surface area contributed by atoms with Gasteiger partial charge in [-0.15, -0.1) is 0 Å². The number of aliphatic hydroxyl groups is 1. The van der Waals surface area contributed by atoms with Crippen LogP contribution in [0.4, 0.5) is 5.82 Å². The summed E-state index contributed by atoms with van der Waals surface area (Å²) in [6, 6.07) is 10.6. The van der Waals surface area contributed by atoms with Crippen LogP contribution in [0.25, 0.3) is 0 Å². The van der Waals surface area contributed by atoms with Crippen LogP contribution in [0, 0.1) is 0 Å². The van der Waals surface area contributed by atoms with Crippen molar-refractivity contribution in [1.82, 2.24) is 14.9 Å². The molecule has 3 N–H and O–H groups in total. The fourth-order valence-electron chi connectivity index (χ4n) is 3.90. The summed E-state index contributed by atoms with van der Waals surface area (Å²) < 4.78 is 0. The number of piperazine rings is 1. The van der Waals surface area contributed by atoms with Crippen LogP contribution in [0.5, 0.6) is 0 Å². The first-order valence-electron chi connectivity index (χ1n) is 9.45. The summed E-state index contributed by atoms with van der Waals surface area (Å²) in [5, 5.41) is 9.50. The molecule has 2 fully saturated rings. The Hall–Kier alpha value is -2.02. The second kappa shape index (κ2) is 7.70. The van der Waals surface area contributed by atoms with Gasteiger partial charge in [-0.25, -0.2) is 9.97 Å². The van der Waals surface area contributed by atoms with E-state index in [1.165, 1.54) is 5.56 Å². The molecule has 138 valence electrons. The van der Waals surface area contributed by atoms with Crippen molar-refractivity contribution in [2.75, 3.05) is 31.1 Å². The molecule has 0 amide bonds. The van der Waals surface area contributed by atoms with E-state index in [1.54, 1.807) is 6.33 Å². The molecular weight excluding hydrogens is 326 g/mol. The lowest BCUT2D eigenvalue weighted by atomic mass is 9.78. The van der Waals surface area contributed by atoms with Gasteiger partial charge in [-0.1, -0.05) is 24.3 Å². The van der Waals surface area contributed by atoms with Gasteiger partial charge in [0.1, 0.15) is 12.1 Å². The monoisotopic (exact) mass is 353 g/mol. The maximum Gasteiger partial charge on any atom is 0.132 e. The molecule has 2 aliphatic rings. The Morgan fingerprint density at radius 3 is 2.46 bits per heavy atom. The van der Waals surface area contributed by atoms with E-state index in [-0.39, 0.29) is 6.61 Å². The standard InChI is InChI=1S/C20H27N5O/c21-18-9-17(10-18)19-11-20(23-14-22-19)25-7-5-24(6-8-25)12-15-3-1-2-4-16(15)13-26/h1-4,11,14,17-18,26H,5-10,12-13,21H2. The first-order valence-corrected chi connectivity index (χ1v) is 9.45. The molecule has 6 heteroatoms. The molecule has 2 aromatic rings. The number of aromatic nitrogens is 2. The lowest BCUT2D eigenvalue weighted by Crippen LogP contribution is -2.46. The Morgan fingerprint density at radius 1 is 1.04 bits per heavy atom. The van der Waals surface area contributed by atoms with Crippen LogP contribution in [0.2, 0.25) is 0 Å². The quantitative estimate of drug-likeness (QED) is 0.848. The minimum atomic E-state index is 0.102. The molecule has 0 unspecified atom stereocenters. The number of rotatable bonds is 5. The van der Waals surface area contributed by atoms with Crippen LogP contribution in [-0.2, 0) is 13.2 Å². The Balaban J connectivity index is 1.36. The van der Waals surface area contributed by atoms with Gasteiger partial charge < -0.3 is 15.7 Å². The molecule has 0 radical (unpaired) electrons. The van der Waals surface area contributed by atoms with Crippen LogP contribution in [0.15, 0.2) is 36.7 Å². The fraction of sp³-hybridized carbons (Fsp3) is 0.500. The molecule has 0 spiro atoms. The average Bonchev–Trinajstić information content (AvgIpc) is 2.67. The Labute approximate surface area is 154 Å². The summed E-state index contributed by atoms with van der Waals surface area (Å²) in [7, 11) is 0. The van der Waals surface area contributed by atoms with E-state index in [2.05, 4.69) is 31.9 Å². The van der Waals surface area contributed by atoms with Gasteiger partial charge in [-0.2, -0.15) is 0 Å². The number of nitrogens with zero attached hydrogens (tertiary/aromatic N) is 4. The molecule has 4 rings (SSSR count). The van der Waals surface area contributed by atoms with Gasteiger partial charge in [0.15, 0.2) is 0 Å². The van der Waals surface area contributed by atoms with Crippen LogP contribution in [0.3, 0.4) is 0 Å². The van der Waals surface area contributed by atoms with E-state index in [9.17, 15) is 5.11 Å². The van der Waals surface area contributed by atoms with Crippen LogP contribution >= 0.6 is 0 Å². The summed E-state index contributed by atoms with van der Waals surface area (Å²) >= 11 is 0. The molecule has 1 saturated carbocycles. The van der Waals surface area contributed by atoms with E-state index >= 15 is 0 Å². The highest BCUT2D eigenvalue weighted by molar-refractivity contribution is 5.41. The number of anilines is 1. The van der Waals surface area contributed by atoms with E-state index in [0.717, 1.165) is 62.6 Å². The second-order valence-corrected chi connectivity index (χ2v) is 7.42. The zero-order chi connectivity index (χ0) is 17.9. The summed E-state index contributed by atoms with van der Waals surface area (Å²) in [6.45, 7) is 4.90. The van der Waals surface area contributed by atoms with Crippen LogP contribution in [0.1, 0.15) is 35.6 Å². The van der Waals surface area contributed by atoms with E-state index in [0.29, 0.717) is 12.0 Å². The topological polar surface area (TPSA) is 78.5 Å². The van der Waals surface area contributed by atoms with Crippen molar-refractivity contribution < 1.29 is 5.11 Å². The van der Waals surface area contributed by atoms with Gasteiger partial charge in [0, 0.05) is 56.4 Å². The minimum Gasteiger partial charge on any atom is -0.392 e. The van der Waals surface area contributed by atoms with Crippen LogP contribution < -0.4 is 10.6 Å². The van der Waals surface area contributed by atoms with Crippen molar-refractivity contribution in [3.63, 3.8) is 0 Å². The van der Waals surface area contributed by atoms with Crippen molar-refractivity contribution in [3.8, 4) is 0 Å². The molecule has 1 aromatic heterocycles. The average molecular weight is 353 g/mol. The Morgan fingerprint density at radius 2 is 1.77 bits per heavy atom. The first kappa shape index (κ1) is 17.4. The van der Waals surface area contributed by atoms with Crippen molar-refractivity contribution in [2.24, 2.45) is 5.73 Å². The maximum absolute atomic E-state index is 9.50.